The fourth-order valence-corrected chi connectivity index (χ4v) is 1.89. The molecule has 1 aromatic rings. The molecule has 0 aliphatic heterocycles. The fourth-order valence-electron chi connectivity index (χ4n) is 1.89. The molecule has 1 fully saturated rings. The Morgan fingerprint density at radius 1 is 1.33 bits per heavy atom. The Morgan fingerprint density at radius 3 is 2.44 bits per heavy atom. The average molecular weight is 247 g/mol. The van der Waals surface area contributed by atoms with Crippen LogP contribution in [-0.4, -0.2) is 16.8 Å². The lowest BCUT2D eigenvalue weighted by Gasteiger charge is -2.21. The van der Waals surface area contributed by atoms with E-state index >= 15 is 0 Å². The first-order chi connectivity index (χ1) is 8.56. The zero-order valence-corrected chi connectivity index (χ0v) is 10.8. The highest BCUT2D eigenvalue weighted by Gasteiger charge is 2.31. The molecule has 1 saturated carbocycles. The lowest BCUT2D eigenvalue weighted by atomic mass is 10.2. The van der Waals surface area contributed by atoms with Gasteiger partial charge in [-0.05, 0) is 44.4 Å². The number of amides is 1. The summed E-state index contributed by atoms with van der Waals surface area (Å²) in [6, 6.07) is 6.71. The quantitative estimate of drug-likeness (QED) is 0.748. The van der Waals surface area contributed by atoms with Crippen molar-refractivity contribution in [1.29, 1.82) is 0 Å². The molecule has 0 heterocycles. The molecule has 18 heavy (non-hydrogen) atoms. The van der Waals surface area contributed by atoms with Crippen molar-refractivity contribution in [3.8, 4) is 0 Å². The van der Waals surface area contributed by atoms with Crippen molar-refractivity contribution >= 4 is 5.91 Å². The Labute approximate surface area is 107 Å². The van der Waals surface area contributed by atoms with Crippen LogP contribution in [0.4, 0.5) is 4.39 Å². The normalized spacial score (nSPS) is 14.2. The molecule has 1 aliphatic carbocycles. The van der Waals surface area contributed by atoms with E-state index in [1.807, 2.05) is 18.7 Å². The minimum atomic E-state index is -0.243. The fraction of sp³-hybridized carbons (Fsp3) is 0.400. The highest BCUT2D eigenvalue weighted by molar-refractivity contribution is 5.88. The summed E-state index contributed by atoms with van der Waals surface area (Å²) >= 11 is 0. The van der Waals surface area contributed by atoms with Crippen molar-refractivity contribution in [3.05, 3.63) is 47.3 Å². The molecule has 0 saturated heterocycles. The van der Waals surface area contributed by atoms with Gasteiger partial charge in [0.05, 0.1) is 0 Å². The maximum absolute atomic E-state index is 12.8. The molecule has 96 valence electrons. The van der Waals surface area contributed by atoms with E-state index in [2.05, 4.69) is 0 Å². The van der Waals surface area contributed by atoms with Crippen LogP contribution < -0.4 is 0 Å². The van der Waals surface area contributed by atoms with Crippen LogP contribution >= 0.6 is 0 Å². The molecule has 0 aromatic heterocycles. The van der Waals surface area contributed by atoms with E-state index in [1.165, 1.54) is 12.1 Å². The van der Waals surface area contributed by atoms with Gasteiger partial charge in [-0.3, -0.25) is 4.79 Å². The topological polar surface area (TPSA) is 20.3 Å². The van der Waals surface area contributed by atoms with Crippen LogP contribution in [0.2, 0.25) is 0 Å². The van der Waals surface area contributed by atoms with Crippen LogP contribution in [0.15, 0.2) is 35.9 Å². The van der Waals surface area contributed by atoms with Crippen molar-refractivity contribution in [2.24, 2.45) is 0 Å². The van der Waals surface area contributed by atoms with Crippen molar-refractivity contribution in [2.45, 2.75) is 39.3 Å². The maximum Gasteiger partial charge on any atom is 0.247 e. The van der Waals surface area contributed by atoms with Crippen molar-refractivity contribution in [1.82, 2.24) is 4.90 Å². The summed E-state index contributed by atoms with van der Waals surface area (Å²) in [4.78, 5) is 14.0. The third kappa shape index (κ3) is 3.42. The molecule has 3 heteroatoms. The van der Waals surface area contributed by atoms with Crippen molar-refractivity contribution < 1.29 is 9.18 Å². The van der Waals surface area contributed by atoms with E-state index in [4.69, 9.17) is 0 Å². The Kier molecular flexibility index (Phi) is 3.80. The molecule has 1 aromatic carbocycles. The first-order valence-electron chi connectivity index (χ1n) is 6.26. The highest BCUT2D eigenvalue weighted by atomic mass is 19.1. The van der Waals surface area contributed by atoms with Crippen LogP contribution in [0.1, 0.15) is 32.3 Å². The minimum absolute atomic E-state index is 0.0572. The molecule has 2 nitrogen and oxygen atoms in total. The molecule has 0 atom stereocenters. The zero-order chi connectivity index (χ0) is 13.1. The SMILES string of the molecule is CC(C)=CC(=O)N(Cc1ccc(F)cc1)C1CC1. The molecule has 0 unspecified atom stereocenters. The Balaban J connectivity index is 2.09. The van der Waals surface area contributed by atoms with Gasteiger partial charge >= 0.3 is 0 Å². The molecule has 2 rings (SSSR count). The number of rotatable bonds is 4. The third-order valence-corrected chi connectivity index (χ3v) is 2.95. The van der Waals surface area contributed by atoms with E-state index in [9.17, 15) is 9.18 Å². The van der Waals surface area contributed by atoms with Crippen LogP contribution in [0.5, 0.6) is 0 Å². The van der Waals surface area contributed by atoms with E-state index in [1.54, 1.807) is 18.2 Å². The molecule has 0 N–H and O–H groups in total. The number of carbonyl (C=O) groups is 1. The number of carbonyl (C=O) groups excluding carboxylic acids is 1. The molecule has 0 radical (unpaired) electrons. The number of nitrogens with zero attached hydrogens (tertiary/aromatic N) is 1. The molecule has 0 spiro atoms. The predicted molar refractivity (Wildman–Crippen MR) is 69.4 cm³/mol. The van der Waals surface area contributed by atoms with Gasteiger partial charge in [0.2, 0.25) is 5.91 Å². The Morgan fingerprint density at radius 2 is 1.94 bits per heavy atom. The van der Waals surface area contributed by atoms with E-state index in [0.29, 0.717) is 12.6 Å². The summed E-state index contributed by atoms with van der Waals surface area (Å²) < 4.78 is 12.8. The minimum Gasteiger partial charge on any atom is -0.332 e. The summed E-state index contributed by atoms with van der Waals surface area (Å²) in [7, 11) is 0. The Bertz CT molecular complexity index is 456. The summed E-state index contributed by atoms with van der Waals surface area (Å²) in [5, 5.41) is 0. The highest BCUT2D eigenvalue weighted by Crippen LogP contribution is 2.28. The smallest absolute Gasteiger partial charge is 0.247 e. The molecule has 0 bridgehead atoms. The second-order valence-electron chi connectivity index (χ2n) is 5.05. The lowest BCUT2D eigenvalue weighted by Crippen LogP contribution is -2.31. The van der Waals surface area contributed by atoms with Crippen molar-refractivity contribution in [3.63, 3.8) is 0 Å². The van der Waals surface area contributed by atoms with Gasteiger partial charge in [-0.25, -0.2) is 4.39 Å². The van der Waals surface area contributed by atoms with Gasteiger partial charge in [0.1, 0.15) is 5.82 Å². The number of benzene rings is 1. The number of hydrogen-bond acceptors (Lipinski definition) is 1. The first kappa shape index (κ1) is 12.8. The number of allylic oxidation sites excluding steroid dienone is 1. The van der Waals surface area contributed by atoms with Gasteiger partial charge in [-0.1, -0.05) is 17.7 Å². The van der Waals surface area contributed by atoms with E-state index in [0.717, 1.165) is 24.0 Å². The second-order valence-corrected chi connectivity index (χ2v) is 5.05. The number of hydrogen-bond donors (Lipinski definition) is 0. The van der Waals surface area contributed by atoms with Crippen molar-refractivity contribution in [2.75, 3.05) is 0 Å². The number of halogens is 1. The molecular weight excluding hydrogens is 229 g/mol. The average Bonchev–Trinajstić information content (AvgIpc) is 3.11. The van der Waals surface area contributed by atoms with Gasteiger partial charge in [0.25, 0.3) is 0 Å². The maximum atomic E-state index is 12.8. The molecular formula is C15H18FNO. The van der Waals surface area contributed by atoms with Gasteiger partial charge in [0.15, 0.2) is 0 Å². The van der Waals surface area contributed by atoms with Gasteiger partial charge in [-0.15, -0.1) is 0 Å². The lowest BCUT2D eigenvalue weighted by molar-refractivity contribution is -0.127. The Hall–Kier alpha value is -1.64. The molecule has 1 amide bonds. The van der Waals surface area contributed by atoms with Gasteiger partial charge in [0, 0.05) is 18.7 Å². The van der Waals surface area contributed by atoms with E-state index < -0.39 is 0 Å². The molecule has 1 aliphatic rings. The monoisotopic (exact) mass is 247 g/mol. The second kappa shape index (κ2) is 5.34. The first-order valence-corrected chi connectivity index (χ1v) is 6.26. The van der Waals surface area contributed by atoms with E-state index in [-0.39, 0.29) is 11.7 Å². The van der Waals surface area contributed by atoms with Gasteiger partial charge < -0.3 is 4.90 Å². The predicted octanol–water partition coefficient (Wildman–Crippen LogP) is 3.28. The third-order valence-electron chi connectivity index (χ3n) is 2.95. The summed E-state index contributed by atoms with van der Waals surface area (Å²) in [5.74, 6) is -0.186. The summed E-state index contributed by atoms with van der Waals surface area (Å²) in [5.41, 5.74) is 1.98. The van der Waals surface area contributed by atoms with Crippen LogP contribution in [0.25, 0.3) is 0 Å². The van der Waals surface area contributed by atoms with Crippen LogP contribution in [0, 0.1) is 5.82 Å². The van der Waals surface area contributed by atoms with Crippen LogP contribution in [0.3, 0.4) is 0 Å². The van der Waals surface area contributed by atoms with Crippen LogP contribution in [-0.2, 0) is 11.3 Å². The summed E-state index contributed by atoms with van der Waals surface area (Å²) in [6.07, 6.45) is 3.81. The van der Waals surface area contributed by atoms with Gasteiger partial charge in [-0.2, -0.15) is 0 Å². The summed E-state index contributed by atoms with van der Waals surface area (Å²) in [6.45, 7) is 4.40. The largest absolute Gasteiger partial charge is 0.332 e. The zero-order valence-electron chi connectivity index (χ0n) is 10.8. The standard InChI is InChI=1S/C15H18FNO/c1-11(2)9-15(18)17(14-7-8-14)10-12-3-5-13(16)6-4-12/h3-6,9,14H,7-8,10H2,1-2H3.